The first-order chi connectivity index (χ1) is 14.0. The number of Topliss-reactive ketones (excluding diaryl/α,β-unsaturated/α-hetero) is 1. The lowest BCUT2D eigenvalue weighted by Crippen LogP contribution is -2.60. The van der Waals surface area contributed by atoms with Crippen LogP contribution in [0, 0.1) is 5.82 Å². The van der Waals surface area contributed by atoms with Gasteiger partial charge in [-0.15, -0.1) is 5.06 Å². The second-order valence-corrected chi connectivity index (χ2v) is 7.06. The SMILES string of the molecule is COc1cccc(C2C(=O)c3cccc[n+]3C(Cc3ccc(Cl)nc3)N2O)c1F. The number of carbonyl (C=O) groups excluding carboxylic acids is 1. The van der Waals surface area contributed by atoms with E-state index in [1.54, 1.807) is 53.4 Å². The first kappa shape index (κ1) is 19.4. The van der Waals surface area contributed by atoms with Crippen LogP contribution in [0.4, 0.5) is 4.39 Å². The molecule has 0 amide bonds. The minimum absolute atomic E-state index is 0.00802. The standard InChI is InChI=1S/C21H18ClFN3O3/c1-29-16-7-4-5-14(19(16)23)20-21(27)15-6-2-3-10-25(15)18(26(20)28)11-13-8-9-17(22)24-12-13/h2-10,12,18,20,28H,11H2,1H3/q+1. The highest BCUT2D eigenvalue weighted by Gasteiger charge is 2.47. The number of halogens is 2. The van der Waals surface area contributed by atoms with Crippen LogP contribution in [0.25, 0.3) is 0 Å². The highest BCUT2D eigenvalue weighted by molar-refractivity contribution is 6.29. The maximum Gasteiger partial charge on any atom is 0.252 e. The molecule has 0 saturated heterocycles. The van der Waals surface area contributed by atoms with E-state index in [2.05, 4.69) is 4.98 Å². The van der Waals surface area contributed by atoms with Crippen LogP contribution >= 0.6 is 11.6 Å². The Morgan fingerprint density at radius 1 is 1.24 bits per heavy atom. The zero-order valence-corrected chi connectivity index (χ0v) is 16.3. The normalized spacial score (nSPS) is 19.1. The van der Waals surface area contributed by atoms with Crippen LogP contribution in [-0.2, 0) is 6.42 Å². The van der Waals surface area contributed by atoms with Crippen LogP contribution in [-0.4, -0.2) is 28.1 Å². The quantitative estimate of drug-likeness (QED) is 0.522. The van der Waals surface area contributed by atoms with Crippen LogP contribution in [0.2, 0.25) is 5.15 Å². The summed E-state index contributed by atoms with van der Waals surface area (Å²) < 4.78 is 21.6. The number of ketones is 1. The third kappa shape index (κ3) is 3.48. The number of aromatic nitrogens is 2. The molecule has 1 aliphatic rings. The fraction of sp³-hybridized carbons (Fsp3) is 0.190. The van der Waals surface area contributed by atoms with Gasteiger partial charge in [0.15, 0.2) is 17.8 Å². The fourth-order valence-corrected chi connectivity index (χ4v) is 3.71. The smallest absolute Gasteiger partial charge is 0.252 e. The van der Waals surface area contributed by atoms with Gasteiger partial charge in [-0.1, -0.05) is 29.8 Å². The molecule has 1 N–H and O–H groups in total. The second-order valence-electron chi connectivity index (χ2n) is 6.68. The molecule has 8 heteroatoms. The van der Waals surface area contributed by atoms with Gasteiger partial charge in [0, 0.05) is 23.9 Å². The van der Waals surface area contributed by atoms with Crippen molar-refractivity contribution in [3.8, 4) is 5.75 Å². The van der Waals surface area contributed by atoms with Crippen molar-refractivity contribution in [3.63, 3.8) is 0 Å². The molecule has 6 nitrogen and oxygen atoms in total. The second kappa shape index (κ2) is 7.87. The van der Waals surface area contributed by atoms with Gasteiger partial charge in [-0.05, 0) is 23.8 Å². The number of hydrogen-bond acceptors (Lipinski definition) is 5. The van der Waals surface area contributed by atoms with E-state index in [1.807, 2.05) is 0 Å². The van der Waals surface area contributed by atoms with Gasteiger partial charge < -0.3 is 9.94 Å². The Kier molecular flexibility index (Phi) is 5.27. The number of fused-ring (bicyclic) bond motifs is 1. The van der Waals surface area contributed by atoms with Crippen molar-refractivity contribution in [1.29, 1.82) is 0 Å². The summed E-state index contributed by atoms with van der Waals surface area (Å²) in [6, 6.07) is 11.9. The van der Waals surface area contributed by atoms with Crippen molar-refractivity contribution < 1.29 is 23.7 Å². The lowest BCUT2D eigenvalue weighted by Gasteiger charge is -2.33. The Bertz CT molecular complexity index is 1060. The Hall–Kier alpha value is -2.87. The molecule has 3 heterocycles. The monoisotopic (exact) mass is 414 g/mol. The van der Waals surface area contributed by atoms with Crippen LogP contribution in [0.1, 0.15) is 33.8 Å². The summed E-state index contributed by atoms with van der Waals surface area (Å²) in [5.41, 5.74) is 1.23. The third-order valence-corrected chi connectivity index (χ3v) is 5.22. The van der Waals surface area contributed by atoms with Crippen molar-refractivity contribution in [2.75, 3.05) is 7.11 Å². The number of hydroxylamine groups is 2. The lowest BCUT2D eigenvalue weighted by atomic mass is 9.94. The molecular weight excluding hydrogens is 397 g/mol. The Morgan fingerprint density at radius 2 is 2.07 bits per heavy atom. The van der Waals surface area contributed by atoms with Gasteiger partial charge in [0.25, 0.3) is 11.5 Å². The molecule has 1 aliphatic heterocycles. The van der Waals surface area contributed by atoms with Crippen LogP contribution in [0.3, 0.4) is 0 Å². The third-order valence-electron chi connectivity index (χ3n) is 5.00. The van der Waals surface area contributed by atoms with Crippen molar-refractivity contribution in [3.05, 3.63) is 88.7 Å². The van der Waals surface area contributed by atoms with Gasteiger partial charge in [0.05, 0.1) is 13.5 Å². The zero-order chi connectivity index (χ0) is 20.5. The Morgan fingerprint density at radius 3 is 2.79 bits per heavy atom. The summed E-state index contributed by atoms with van der Waals surface area (Å²) in [5.74, 6) is -1.08. The molecule has 0 fully saturated rings. The lowest BCUT2D eigenvalue weighted by molar-refractivity contribution is -0.764. The van der Waals surface area contributed by atoms with Crippen molar-refractivity contribution in [2.24, 2.45) is 0 Å². The van der Waals surface area contributed by atoms with Crippen LogP contribution < -0.4 is 9.30 Å². The van der Waals surface area contributed by atoms with Gasteiger partial charge in [-0.25, -0.2) is 9.37 Å². The molecule has 29 heavy (non-hydrogen) atoms. The summed E-state index contributed by atoms with van der Waals surface area (Å²) in [5, 5.41) is 12.3. The first-order valence-corrected chi connectivity index (χ1v) is 9.33. The van der Waals surface area contributed by atoms with E-state index in [0.717, 1.165) is 10.6 Å². The predicted molar refractivity (Wildman–Crippen MR) is 102 cm³/mol. The van der Waals surface area contributed by atoms with Gasteiger partial charge in [-0.3, -0.25) is 4.79 Å². The van der Waals surface area contributed by atoms with Crippen molar-refractivity contribution in [2.45, 2.75) is 18.6 Å². The number of nitrogens with zero attached hydrogens (tertiary/aromatic N) is 3. The molecule has 0 bridgehead atoms. The van der Waals surface area contributed by atoms with E-state index in [-0.39, 0.29) is 11.3 Å². The van der Waals surface area contributed by atoms with Gasteiger partial charge in [-0.2, -0.15) is 4.57 Å². The maximum absolute atomic E-state index is 14.9. The summed E-state index contributed by atoms with van der Waals surface area (Å²) in [6.07, 6.45) is 3.00. The minimum Gasteiger partial charge on any atom is -0.494 e. The molecule has 4 rings (SSSR count). The van der Waals surface area contributed by atoms with Crippen molar-refractivity contribution >= 4 is 17.4 Å². The molecule has 0 aliphatic carbocycles. The van der Waals surface area contributed by atoms with Crippen molar-refractivity contribution in [1.82, 2.24) is 10.0 Å². The summed E-state index contributed by atoms with van der Waals surface area (Å²) in [7, 11) is 1.35. The number of pyridine rings is 2. The fourth-order valence-electron chi connectivity index (χ4n) is 3.59. The van der Waals surface area contributed by atoms with E-state index in [1.165, 1.54) is 19.2 Å². The van der Waals surface area contributed by atoms with E-state index in [9.17, 15) is 14.4 Å². The average molecular weight is 415 g/mol. The Balaban J connectivity index is 1.81. The molecule has 2 atom stereocenters. The molecule has 1 aromatic carbocycles. The number of carbonyl (C=O) groups is 1. The topological polar surface area (TPSA) is 66.5 Å². The number of rotatable bonds is 4. The van der Waals surface area contributed by atoms with Gasteiger partial charge in [0.1, 0.15) is 11.2 Å². The molecular formula is C21H18ClFN3O3+. The first-order valence-electron chi connectivity index (χ1n) is 8.95. The molecule has 2 unspecified atom stereocenters. The predicted octanol–water partition coefficient (Wildman–Crippen LogP) is 3.54. The molecule has 148 valence electrons. The van der Waals surface area contributed by atoms with E-state index in [0.29, 0.717) is 17.3 Å². The summed E-state index contributed by atoms with van der Waals surface area (Å²) in [6.45, 7) is 0. The molecule has 0 radical (unpaired) electrons. The van der Waals surface area contributed by atoms with Gasteiger partial charge >= 0.3 is 0 Å². The van der Waals surface area contributed by atoms with E-state index >= 15 is 0 Å². The highest BCUT2D eigenvalue weighted by Crippen LogP contribution is 2.35. The Labute approximate surface area is 171 Å². The zero-order valence-electron chi connectivity index (χ0n) is 15.5. The van der Waals surface area contributed by atoms with E-state index < -0.39 is 23.8 Å². The number of ether oxygens (including phenoxy) is 1. The minimum atomic E-state index is -1.21. The maximum atomic E-state index is 14.9. The summed E-state index contributed by atoms with van der Waals surface area (Å²) in [4.78, 5) is 17.2. The average Bonchev–Trinajstić information content (AvgIpc) is 2.74. The molecule has 3 aromatic rings. The van der Waals surface area contributed by atoms with Gasteiger partial charge in [0.2, 0.25) is 6.17 Å². The largest absolute Gasteiger partial charge is 0.494 e. The number of methoxy groups -OCH3 is 1. The molecule has 0 saturated carbocycles. The number of hydrogen-bond donors (Lipinski definition) is 1. The molecule has 2 aromatic heterocycles. The summed E-state index contributed by atoms with van der Waals surface area (Å²) >= 11 is 5.86. The highest BCUT2D eigenvalue weighted by atomic mass is 35.5. The molecule has 0 spiro atoms. The van der Waals surface area contributed by atoms with Crippen LogP contribution in [0.15, 0.2) is 60.9 Å². The number of benzene rings is 1. The van der Waals surface area contributed by atoms with Crippen LogP contribution in [0.5, 0.6) is 5.75 Å². The van der Waals surface area contributed by atoms with E-state index in [4.69, 9.17) is 16.3 Å².